The van der Waals surface area contributed by atoms with Gasteiger partial charge in [-0.1, -0.05) is 25.5 Å². The van der Waals surface area contributed by atoms with Crippen molar-refractivity contribution in [2.75, 3.05) is 6.61 Å². The zero-order valence-electron chi connectivity index (χ0n) is 13.7. The number of unbranched alkanes of at least 4 members (excludes halogenated alkanes) is 1. The zero-order valence-corrected chi connectivity index (χ0v) is 13.7. The molecule has 0 aliphatic rings. The molecule has 23 heavy (non-hydrogen) atoms. The minimum absolute atomic E-state index is 0.173. The Morgan fingerprint density at radius 3 is 2.91 bits per heavy atom. The predicted molar refractivity (Wildman–Crippen MR) is 88.4 cm³/mol. The van der Waals surface area contributed by atoms with Gasteiger partial charge in [-0.15, -0.1) is 0 Å². The molecule has 2 rings (SSSR count). The Bertz CT molecular complexity index is 621. The van der Waals surface area contributed by atoms with Crippen molar-refractivity contribution in [1.82, 2.24) is 9.78 Å². The molecular weight excluding hydrogens is 292 g/mol. The molecule has 0 aliphatic heterocycles. The Kier molecular flexibility index (Phi) is 6.35. The Morgan fingerprint density at radius 2 is 2.26 bits per heavy atom. The van der Waals surface area contributed by atoms with Gasteiger partial charge in [0.2, 0.25) is 0 Å². The van der Waals surface area contributed by atoms with Crippen LogP contribution in [0.25, 0.3) is 5.69 Å². The first kappa shape index (κ1) is 17.2. The number of carbonyl (C=O) groups is 1. The topological polar surface area (TPSA) is 64.4 Å². The third-order valence-corrected chi connectivity index (χ3v) is 3.67. The van der Waals surface area contributed by atoms with E-state index < -0.39 is 6.10 Å². The summed E-state index contributed by atoms with van der Waals surface area (Å²) in [6.07, 6.45) is 5.80. The van der Waals surface area contributed by atoms with Crippen LogP contribution in [0.5, 0.6) is 0 Å². The normalized spacial score (nSPS) is 12.1. The molecule has 2 aromatic rings. The fraction of sp³-hybridized carbons (Fsp3) is 0.444. The maximum absolute atomic E-state index is 11.7. The summed E-state index contributed by atoms with van der Waals surface area (Å²) in [6.45, 7) is 4.28. The third kappa shape index (κ3) is 4.93. The van der Waals surface area contributed by atoms with E-state index in [0.717, 1.165) is 29.7 Å². The molecule has 0 amide bonds. The van der Waals surface area contributed by atoms with E-state index >= 15 is 0 Å². The van der Waals surface area contributed by atoms with E-state index in [1.165, 1.54) is 0 Å². The minimum Gasteiger partial charge on any atom is -0.466 e. The smallest absolute Gasteiger partial charge is 0.306 e. The molecule has 1 aromatic heterocycles. The van der Waals surface area contributed by atoms with Gasteiger partial charge in [0.05, 0.1) is 18.4 Å². The molecule has 124 valence electrons. The molecule has 0 spiro atoms. The van der Waals surface area contributed by atoms with Crippen LogP contribution in [0.2, 0.25) is 0 Å². The van der Waals surface area contributed by atoms with Crippen LogP contribution in [0, 0.1) is 0 Å². The summed E-state index contributed by atoms with van der Waals surface area (Å²) in [6, 6.07) is 7.65. The fourth-order valence-corrected chi connectivity index (χ4v) is 2.36. The van der Waals surface area contributed by atoms with E-state index in [4.69, 9.17) is 4.74 Å². The van der Waals surface area contributed by atoms with Gasteiger partial charge in [0.25, 0.3) is 0 Å². The number of nitrogens with zero attached hydrogens (tertiary/aromatic N) is 2. The highest BCUT2D eigenvalue weighted by molar-refractivity contribution is 5.69. The van der Waals surface area contributed by atoms with Crippen LogP contribution in [-0.2, 0) is 16.0 Å². The summed E-state index contributed by atoms with van der Waals surface area (Å²) in [4.78, 5) is 11.7. The van der Waals surface area contributed by atoms with Crippen LogP contribution in [0.15, 0.2) is 36.7 Å². The van der Waals surface area contributed by atoms with Crippen LogP contribution in [0.1, 0.15) is 50.3 Å². The number of benzene rings is 1. The van der Waals surface area contributed by atoms with Crippen LogP contribution in [0.4, 0.5) is 0 Å². The largest absolute Gasteiger partial charge is 0.466 e. The van der Waals surface area contributed by atoms with Crippen molar-refractivity contribution >= 4 is 5.97 Å². The van der Waals surface area contributed by atoms with Gasteiger partial charge in [0.1, 0.15) is 0 Å². The van der Waals surface area contributed by atoms with Gasteiger partial charge in [0, 0.05) is 24.4 Å². The second-order valence-electron chi connectivity index (χ2n) is 5.59. The van der Waals surface area contributed by atoms with E-state index in [2.05, 4.69) is 12.0 Å². The average molecular weight is 316 g/mol. The van der Waals surface area contributed by atoms with E-state index in [0.29, 0.717) is 19.4 Å². The van der Waals surface area contributed by atoms with Crippen molar-refractivity contribution in [3.63, 3.8) is 0 Å². The molecule has 0 unspecified atom stereocenters. The molecule has 1 aromatic carbocycles. The van der Waals surface area contributed by atoms with Crippen molar-refractivity contribution in [2.24, 2.45) is 0 Å². The summed E-state index contributed by atoms with van der Waals surface area (Å²) in [5, 5.41) is 14.2. The average Bonchev–Trinajstić information content (AvgIpc) is 3.07. The highest BCUT2D eigenvalue weighted by Crippen LogP contribution is 2.23. The van der Waals surface area contributed by atoms with Gasteiger partial charge < -0.3 is 9.84 Å². The maximum Gasteiger partial charge on any atom is 0.306 e. The van der Waals surface area contributed by atoms with Crippen LogP contribution in [0.3, 0.4) is 0 Å². The zero-order chi connectivity index (χ0) is 16.7. The van der Waals surface area contributed by atoms with E-state index in [1.807, 2.05) is 30.5 Å². The molecule has 5 heteroatoms. The first-order valence-electron chi connectivity index (χ1n) is 8.08. The lowest BCUT2D eigenvalue weighted by molar-refractivity contribution is -0.143. The molecule has 0 saturated carbocycles. The molecule has 0 saturated heterocycles. The van der Waals surface area contributed by atoms with Gasteiger partial charge in [0.15, 0.2) is 0 Å². The molecule has 5 nitrogen and oxygen atoms in total. The SMILES string of the molecule is CCCCOC(=O)CCc1ccc(-n2cccn2)c([C@@H](C)O)c1. The van der Waals surface area contributed by atoms with Crippen LogP contribution >= 0.6 is 0 Å². The summed E-state index contributed by atoms with van der Waals surface area (Å²) in [7, 11) is 0. The monoisotopic (exact) mass is 316 g/mol. The van der Waals surface area contributed by atoms with Crippen molar-refractivity contribution < 1.29 is 14.6 Å². The Balaban J connectivity index is 2.04. The van der Waals surface area contributed by atoms with Crippen molar-refractivity contribution in [3.05, 3.63) is 47.8 Å². The number of aliphatic hydroxyl groups excluding tert-OH is 1. The molecule has 0 bridgehead atoms. The number of aliphatic hydroxyl groups is 1. The lowest BCUT2D eigenvalue weighted by Crippen LogP contribution is -2.08. The quantitative estimate of drug-likeness (QED) is 0.600. The summed E-state index contributed by atoms with van der Waals surface area (Å²) in [5.74, 6) is -0.173. The number of aromatic nitrogens is 2. The number of hydrogen-bond acceptors (Lipinski definition) is 4. The lowest BCUT2D eigenvalue weighted by atomic mass is 10.0. The van der Waals surface area contributed by atoms with E-state index in [-0.39, 0.29) is 5.97 Å². The molecular formula is C18H24N2O3. The van der Waals surface area contributed by atoms with Gasteiger partial charge >= 0.3 is 5.97 Å². The standard InChI is InChI=1S/C18H24N2O3/c1-3-4-12-23-18(22)9-7-15-6-8-17(16(13-15)14(2)21)20-11-5-10-19-20/h5-6,8,10-11,13-14,21H,3-4,7,9,12H2,1-2H3/t14-/m1/s1. The van der Waals surface area contributed by atoms with Gasteiger partial charge in [-0.2, -0.15) is 5.10 Å². The second kappa shape index (κ2) is 8.48. The van der Waals surface area contributed by atoms with E-state index in [9.17, 15) is 9.90 Å². The molecule has 0 aliphatic carbocycles. The van der Waals surface area contributed by atoms with Gasteiger partial charge in [-0.05, 0) is 37.5 Å². The second-order valence-corrected chi connectivity index (χ2v) is 5.59. The predicted octanol–water partition coefficient (Wildman–Crippen LogP) is 3.20. The van der Waals surface area contributed by atoms with Gasteiger partial charge in [-0.3, -0.25) is 4.79 Å². The Morgan fingerprint density at radius 1 is 1.43 bits per heavy atom. The van der Waals surface area contributed by atoms with Gasteiger partial charge in [-0.25, -0.2) is 4.68 Å². The molecule has 1 heterocycles. The Labute approximate surface area is 136 Å². The lowest BCUT2D eigenvalue weighted by Gasteiger charge is -2.14. The van der Waals surface area contributed by atoms with Crippen LogP contribution < -0.4 is 0 Å². The number of esters is 1. The summed E-state index contributed by atoms with van der Waals surface area (Å²) in [5.41, 5.74) is 2.65. The molecule has 0 radical (unpaired) electrons. The fourth-order valence-electron chi connectivity index (χ4n) is 2.36. The first-order valence-corrected chi connectivity index (χ1v) is 8.08. The molecule has 0 fully saturated rings. The minimum atomic E-state index is -0.606. The Hall–Kier alpha value is -2.14. The number of ether oxygens (including phenoxy) is 1. The summed E-state index contributed by atoms with van der Waals surface area (Å²) < 4.78 is 6.89. The van der Waals surface area contributed by atoms with Crippen LogP contribution in [-0.4, -0.2) is 27.5 Å². The number of carbonyl (C=O) groups excluding carboxylic acids is 1. The van der Waals surface area contributed by atoms with Crippen molar-refractivity contribution in [2.45, 2.75) is 45.6 Å². The highest BCUT2D eigenvalue weighted by Gasteiger charge is 2.12. The number of hydrogen-bond donors (Lipinski definition) is 1. The van der Waals surface area contributed by atoms with Crippen molar-refractivity contribution in [3.8, 4) is 5.69 Å². The molecule has 1 N–H and O–H groups in total. The number of aryl methyl sites for hydroxylation is 1. The van der Waals surface area contributed by atoms with E-state index in [1.54, 1.807) is 17.8 Å². The first-order chi connectivity index (χ1) is 11.1. The third-order valence-electron chi connectivity index (χ3n) is 3.67. The molecule has 1 atom stereocenters. The van der Waals surface area contributed by atoms with Crippen molar-refractivity contribution in [1.29, 1.82) is 0 Å². The summed E-state index contributed by atoms with van der Waals surface area (Å²) >= 11 is 0. The number of rotatable bonds is 8. The maximum atomic E-state index is 11.7. The highest BCUT2D eigenvalue weighted by atomic mass is 16.5.